The highest BCUT2D eigenvalue weighted by Gasteiger charge is 2.54. The fourth-order valence-electron chi connectivity index (χ4n) is 3.87. The molecule has 0 bridgehead atoms. The maximum atomic E-state index is 13.1. The minimum atomic E-state index is -4.57. The summed E-state index contributed by atoms with van der Waals surface area (Å²) in [5.41, 5.74) is -1.56. The Labute approximate surface area is 166 Å². The highest BCUT2D eigenvalue weighted by atomic mass is 19.4. The van der Waals surface area contributed by atoms with Gasteiger partial charge in [0.25, 0.3) is 5.91 Å². The molecule has 1 heterocycles. The number of carbonyl (C=O) groups is 3. The lowest BCUT2D eigenvalue weighted by atomic mass is 9.97. The molecule has 3 rings (SSSR count). The fourth-order valence-corrected chi connectivity index (χ4v) is 3.87. The smallest absolute Gasteiger partial charge is 0.376 e. The average molecular weight is 412 g/mol. The Balaban J connectivity index is 1.84. The summed E-state index contributed by atoms with van der Waals surface area (Å²) < 4.78 is 39.2. The van der Waals surface area contributed by atoms with Gasteiger partial charge in [-0.15, -0.1) is 0 Å². The second-order valence-corrected chi connectivity index (χ2v) is 7.68. The minimum Gasteiger partial charge on any atom is -0.376 e. The molecule has 1 spiro atoms. The van der Waals surface area contributed by atoms with E-state index < -0.39 is 41.2 Å². The zero-order valence-electron chi connectivity index (χ0n) is 16.4. The molecule has 2 aliphatic rings. The van der Waals surface area contributed by atoms with Crippen LogP contribution in [-0.4, -0.2) is 48.4 Å². The summed E-state index contributed by atoms with van der Waals surface area (Å²) in [4.78, 5) is 40.3. The van der Waals surface area contributed by atoms with E-state index in [4.69, 9.17) is 0 Å². The van der Waals surface area contributed by atoms with Crippen LogP contribution in [-0.2, 0) is 15.8 Å². The lowest BCUT2D eigenvalue weighted by molar-refractivity contribution is -0.137. The Kier molecular flexibility index (Phi) is 5.22. The first-order valence-electron chi connectivity index (χ1n) is 9.31. The van der Waals surface area contributed by atoms with Gasteiger partial charge in [-0.1, -0.05) is 12.8 Å². The van der Waals surface area contributed by atoms with Gasteiger partial charge in [0.1, 0.15) is 11.6 Å². The summed E-state index contributed by atoms with van der Waals surface area (Å²) in [5.74, 6) is -1.20. The number of nitrogens with one attached hydrogen (secondary N) is 2. The van der Waals surface area contributed by atoms with Gasteiger partial charge in [0.05, 0.1) is 16.9 Å². The third-order valence-corrected chi connectivity index (χ3v) is 5.48. The summed E-state index contributed by atoms with van der Waals surface area (Å²) >= 11 is 0. The highest BCUT2D eigenvalue weighted by Crippen LogP contribution is 2.37. The van der Waals surface area contributed by atoms with Gasteiger partial charge in [-0.25, -0.2) is 9.69 Å². The van der Waals surface area contributed by atoms with Crippen LogP contribution in [0.1, 0.15) is 38.2 Å². The molecule has 1 saturated heterocycles. The summed E-state index contributed by atoms with van der Waals surface area (Å²) in [6, 6.07) is 1.19. The van der Waals surface area contributed by atoms with E-state index in [1.807, 2.05) is 0 Å². The van der Waals surface area contributed by atoms with Crippen molar-refractivity contribution in [2.75, 3.05) is 24.3 Å². The number of carbonyl (C=O) groups excluding carboxylic acids is 3. The van der Waals surface area contributed by atoms with Crippen LogP contribution < -0.4 is 15.5 Å². The van der Waals surface area contributed by atoms with Crippen LogP contribution in [0.25, 0.3) is 0 Å². The zero-order valence-corrected chi connectivity index (χ0v) is 16.4. The molecule has 29 heavy (non-hydrogen) atoms. The Hall–Kier alpha value is -2.78. The van der Waals surface area contributed by atoms with Gasteiger partial charge >= 0.3 is 12.2 Å². The zero-order chi connectivity index (χ0) is 21.6. The summed E-state index contributed by atoms with van der Waals surface area (Å²) in [5, 5.41) is 5.13. The van der Waals surface area contributed by atoms with Crippen LogP contribution >= 0.6 is 0 Å². The van der Waals surface area contributed by atoms with Gasteiger partial charge in [-0.2, -0.15) is 13.2 Å². The molecule has 1 aliphatic carbocycles. The van der Waals surface area contributed by atoms with Crippen molar-refractivity contribution in [3.8, 4) is 0 Å². The van der Waals surface area contributed by atoms with Gasteiger partial charge in [-0.05, 0) is 38.0 Å². The van der Waals surface area contributed by atoms with E-state index in [-0.39, 0.29) is 5.69 Å². The highest BCUT2D eigenvalue weighted by molar-refractivity contribution is 6.11. The van der Waals surface area contributed by atoms with E-state index in [2.05, 4.69) is 10.6 Å². The number of urea groups is 1. The molecule has 4 amide bonds. The number of hydrogen-bond donors (Lipinski definition) is 2. The number of anilines is 2. The second kappa shape index (κ2) is 7.23. The summed E-state index contributed by atoms with van der Waals surface area (Å²) in [6.45, 7) is 1.38. The average Bonchev–Trinajstić information content (AvgIpc) is 3.18. The maximum Gasteiger partial charge on any atom is 0.416 e. The second-order valence-electron chi connectivity index (χ2n) is 7.68. The fraction of sp³-hybridized carbons (Fsp3) is 0.526. The van der Waals surface area contributed by atoms with Crippen LogP contribution in [0.3, 0.4) is 0 Å². The normalized spacial score (nSPS) is 19.4. The number of nitrogens with zero attached hydrogens (tertiary/aromatic N) is 2. The van der Waals surface area contributed by atoms with E-state index in [0.717, 1.165) is 29.9 Å². The van der Waals surface area contributed by atoms with Crippen molar-refractivity contribution in [2.24, 2.45) is 0 Å². The van der Waals surface area contributed by atoms with Gasteiger partial charge in [0.15, 0.2) is 0 Å². The molecule has 1 unspecified atom stereocenters. The van der Waals surface area contributed by atoms with Gasteiger partial charge in [0.2, 0.25) is 5.91 Å². The molecular formula is C19H23F3N4O3. The predicted octanol–water partition coefficient (Wildman–Crippen LogP) is 2.96. The third-order valence-electron chi connectivity index (χ3n) is 5.48. The van der Waals surface area contributed by atoms with Crippen molar-refractivity contribution in [3.63, 3.8) is 0 Å². The topological polar surface area (TPSA) is 81.8 Å². The number of benzene rings is 1. The lowest BCUT2D eigenvalue weighted by Gasteiger charge is -2.25. The molecule has 0 radical (unpaired) electrons. The molecule has 1 saturated carbocycles. The van der Waals surface area contributed by atoms with Gasteiger partial charge < -0.3 is 15.5 Å². The molecule has 0 aromatic heterocycles. The van der Waals surface area contributed by atoms with E-state index in [0.29, 0.717) is 18.5 Å². The van der Waals surface area contributed by atoms with Gasteiger partial charge in [-0.3, -0.25) is 9.59 Å². The number of hydrogen-bond acceptors (Lipinski definition) is 4. The van der Waals surface area contributed by atoms with Crippen LogP contribution in [0.2, 0.25) is 0 Å². The first-order valence-corrected chi connectivity index (χ1v) is 9.31. The predicted molar refractivity (Wildman–Crippen MR) is 100 cm³/mol. The van der Waals surface area contributed by atoms with Crippen molar-refractivity contribution in [1.29, 1.82) is 0 Å². The number of rotatable bonds is 4. The monoisotopic (exact) mass is 412 g/mol. The quantitative estimate of drug-likeness (QED) is 0.745. The number of alkyl halides is 3. The van der Waals surface area contributed by atoms with E-state index >= 15 is 0 Å². The van der Waals surface area contributed by atoms with Gasteiger partial charge in [0, 0.05) is 14.1 Å². The minimum absolute atomic E-state index is 0.0516. The van der Waals surface area contributed by atoms with Crippen LogP contribution in [0, 0.1) is 0 Å². The van der Waals surface area contributed by atoms with Crippen LogP contribution in [0.15, 0.2) is 18.2 Å². The van der Waals surface area contributed by atoms with Crippen LogP contribution in [0.4, 0.5) is 29.3 Å². The van der Waals surface area contributed by atoms with E-state index in [1.54, 1.807) is 19.0 Å². The Morgan fingerprint density at radius 2 is 1.86 bits per heavy atom. The van der Waals surface area contributed by atoms with Crippen molar-refractivity contribution >= 4 is 29.2 Å². The summed E-state index contributed by atoms with van der Waals surface area (Å²) in [7, 11) is 3.26. The van der Waals surface area contributed by atoms with Crippen molar-refractivity contribution in [3.05, 3.63) is 23.8 Å². The first kappa shape index (κ1) is 20.9. The maximum absolute atomic E-state index is 13.1. The number of amides is 4. The van der Waals surface area contributed by atoms with Crippen molar-refractivity contribution in [1.82, 2.24) is 10.2 Å². The molecule has 7 nitrogen and oxygen atoms in total. The molecule has 158 valence electrons. The first-order chi connectivity index (χ1) is 13.5. The Morgan fingerprint density at radius 1 is 1.24 bits per heavy atom. The van der Waals surface area contributed by atoms with Crippen molar-refractivity contribution < 1.29 is 27.6 Å². The molecule has 1 aromatic carbocycles. The molecule has 1 atom stereocenters. The SMILES string of the molecule is CC(C(=O)Nc1cc(C(F)(F)F)ccc1N(C)C)N1C(=O)NC2(CCCC2)C1=O. The lowest BCUT2D eigenvalue weighted by Crippen LogP contribution is -2.48. The molecule has 2 N–H and O–H groups in total. The number of halogens is 3. The molecule has 1 aliphatic heterocycles. The third kappa shape index (κ3) is 3.75. The molecule has 2 fully saturated rings. The standard InChI is InChI=1S/C19H23F3N4O3/c1-11(26-16(28)18(24-17(26)29)8-4-5-9-18)15(27)23-13-10-12(19(20,21)22)6-7-14(13)25(2)3/h6-7,10-11H,4-5,8-9H2,1-3H3,(H,23,27)(H,24,29). The Morgan fingerprint density at radius 3 is 2.41 bits per heavy atom. The van der Waals surface area contributed by atoms with E-state index in [9.17, 15) is 27.6 Å². The molecular weight excluding hydrogens is 389 g/mol. The largest absolute Gasteiger partial charge is 0.416 e. The van der Waals surface area contributed by atoms with E-state index in [1.165, 1.54) is 13.0 Å². The van der Waals surface area contributed by atoms with Crippen molar-refractivity contribution in [2.45, 2.75) is 50.4 Å². The molecule has 1 aromatic rings. The summed E-state index contributed by atoms with van der Waals surface area (Å²) in [6.07, 6.45) is -1.94. The number of imide groups is 1. The Bertz CT molecular complexity index is 848. The molecule has 10 heteroatoms. The van der Waals surface area contributed by atoms with Crippen LogP contribution in [0.5, 0.6) is 0 Å².